The fourth-order valence-corrected chi connectivity index (χ4v) is 3.51. The number of benzene rings is 2. The molecule has 0 aliphatic carbocycles. The summed E-state index contributed by atoms with van der Waals surface area (Å²) in [5, 5.41) is 26.9. The summed E-state index contributed by atoms with van der Waals surface area (Å²) in [7, 11) is 0. The third kappa shape index (κ3) is 7.93. The van der Waals surface area contributed by atoms with E-state index in [1.807, 2.05) is 24.3 Å². The second kappa shape index (κ2) is 13.2. The Bertz CT molecular complexity index is 1070. The van der Waals surface area contributed by atoms with Gasteiger partial charge in [-0.3, -0.25) is 19.6 Å². The van der Waals surface area contributed by atoms with E-state index >= 15 is 0 Å². The molecule has 0 saturated carbocycles. The van der Waals surface area contributed by atoms with Crippen molar-refractivity contribution < 1.29 is 24.7 Å². The lowest BCUT2D eigenvalue weighted by molar-refractivity contribution is -0.133. The Balaban J connectivity index is 0.00000432. The molecule has 0 spiro atoms. The topological polar surface area (TPSA) is 140 Å². The molecule has 0 radical (unpaired) electrons. The number of rotatable bonds is 6. The van der Waals surface area contributed by atoms with Gasteiger partial charge >= 0.3 is 0 Å². The molecule has 3 rings (SSSR count). The molecule has 1 heterocycles. The number of hydrogen-bond donors (Lipinski definition) is 6. The van der Waals surface area contributed by atoms with Gasteiger partial charge in [-0.2, -0.15) is 0 Å². The largest absolute Gasteiger partial charge is 0.391 e. The highest BCUT2D eigenvalue weighted by atomic mass is 16.5. The molecule has 0 bridgehead atoms. The van der Waals surface area contributed by atoms with Crippen molar-refractivity contribution in [3.8, 4) is 11.8 Å². The molecule has 1 aliphatic heterocycles. The van der Waals surface area contributed by atoms with Crippen molar-refractivity contribution in [1.29, 1.82) is 0 Å². The van der Waals surface area contributed by atoms with Crippen molar-refractivity contribution in [2.75, 3.05) is 18.4 Å². The Morgan fingerprint density at radius 1 is 1.03 bits per heavy atom. The van der Waals surface area contributed by atoms with E-state index in [1.165, 1.54) is 12.4 Å². The second-order valence-corrected chi connectivity index (χ2v) is 8.11. The first-order chi connectivity index (χ1) is 16.4. The normalized spacial score (nSPS) is 16.4. The van der Waals surface area contributed by atoms with Gasteiger partial charge in [0.15, 0.2) is 0 Å². The zero-order valence-corrected chi connectivity index (χ0v) is 18.8. The molecule has 1 saturated heterocycles. The molecule has 9 nitrogen and oxygen atoms in total. The molecule has 35 heavy (non-hydrogen) atoms. The standard InChI is InChI=1S/C25H28N4O5.CH4/c1-16(30)22(25(33)29-34)28-23(31)19-10-6-17(7-11-19)4-5-18-8-12-21(13-9-18)27-24(32)20-3-2-14-26-15-20;/h6-13,16,20,22,26,30,34H,2-3,14-15H2,1H3,(H,27,32)(H,28,31)(H,29,33);1H4/t16-,20?,22+;/m1./s1. The number of hydroxylamine groups is 1. The lowest BCUT2D eigenvalue weighted by Gasteiger charge is -2.21. The van der Waals surface area contributed by atoms with Crippen LogP contribution < -0.4 is 21.4 Å². The highest BCUT2D eigenvalue weighted by Gasteiger charge is 2.25. The van der Waals surface area contributed by atoms with Gasteiger partial charge in [-0.15, -0.1) is 0 Å². The highest BCUT2D eigenvalue weighted by Crippen LogP contribution is 2.15. The SMILES string of the molecule is C.C[C@@H](O)[C@H](NC(=O)c1ccc(C#Cc2ccc(NC(=O)C3CCCNC3)cc2)cc1)C(=O)NO. The molecular weight excluding hydrogens is 448 g/mol. The Kier molecular flexibility index (Phi) is 10.4. The predicted octanol–water partition coefficient (Wildman–Crippen LogP) is 1.65. The van der Waals surface area contributed by atoms with Crippen molar-refractivity contribution in [1.82, 2.24) is 16.1 Å². The molecule has 186 valence electrons. The van der Waals surface area contributed by atoms with Crippen LogP contribution in [0.25, 0.3) is 0 Å². The summed E-state index contributed by atoms with van der Waals surface area (Å²) in [6.45, 7) is 2.99. The molecule has 3 atom stereocenters. The van der Waals surface area contributed by atoms with Crippen LogP contribution in [0, 0.1) is 17.8 Å². The molecule has 2 aromatic carbocycles. The van der Waals surface area contributed by atoms with Crippen LogP contribution in [0.5, 0.6) is 0 Å². The minimum absolute atomic E-state index is 0. The third-order valence-electron chi connectivity index (χ3n) is 5.48. The van der Waals surface area contributed by atoms with E-state index in [0.717, 1.165) is 30.6 Å². The summed E-state index contributed by atoms with van der Waals surface area (Å²) in [6, 6.07) is 12.4. The van der Waals surface area contributed by atoms with Gasteiger partial charge in [0.1, 0.15) is 6.04 Å². The van der Waals surface area contributed by atoms with Crippen molar-refractivity contribution in [2.45, 2.75) is 39.3 Å². The summed E-state index contributed by atoms with van der Waals surface area (Å²) in [5.74, 6) is 4.57. The van der Waals surface area contributed by atoms with Crippen molar-refractivity contribution >= 4 is 23.4 Å². The first-order valence-electron chi connectivity index (χ1n) is 11.0. The summed E-state index contributed by atoms with van der Waals surface area (Å²) in [4.78, 5) is 36.2. The van der Waals surface area contributed by atoms with Gasteiger partial charge in [0.25, 0.3) is 11.8 Å². The van der Waals surface area contributed by atoms with Crippen molar-refractivity contribution in [3.05, 3.63) is 65.2 Å². The van der Waals surface area contributed by atoms with Crippen LogP contribution in [-0.2, 0) is 9.59 Å². The number of aliphatic hydroxyl groups excluding tert-OH is 1. The lowest BCUT2D eigenvalue weighted by Crippen LogP contribution is -2.51. The van der Waals surface area contributed by atoms with Gasteiger partial charge in [-0.1, -0.05) is 19.3 Å². The van der Waals surface area contributed by atoms with Gasteiger partial charge in [0.05, 0.1) is 12.0 Å². The Morgan fingerprint density at radius 2 is 1.63 bits per heavy atom. The average molecular weight is 481 g/mol. The predicted molar refractivity (Wildman–Crippen MR) is 133 cm³/mol. The Labute approximate surface area is 205 Å². The van der Waals surface area contributed by atoms with Crippen LogP contribution in [0.1, 0.15) is 48.7 Å². The van der Waals surface area contributed by atoms with Crippen molar-refractivity contribution in [2.24, 2.45) is 5.92 Å². The quantitative estimate of drug-likeness (QED) is 0.211. The number of carbonyl (C=O) groups excluding carboxylic acids is 3. The summed E-state index contributed by atoms with van der Waals surface area (Å²) < 4.78 is 0. The Morgan fingerprint density at radius 3 is 2.14 bits per heavy atom. The number of nitrogens with one attached hydrogen (secondary N) is 4. The number of anilines is 1. The monoisotopic (exact) mass is 480 g/mol. The van der Waals surface area contributed by atoms with E-state index in [-0.39, 0.29) is 24.8 Å². The zero-order chi connectivity index (χ0) is 24.5. The smallest absolute Gasteiger partial charge is 0.268 e. The minimum Gasteiger partial charge on any atom is -0.391 e. The number of piperidine rings is 1. The van der Waals surface area contributed by atoms with Crippen LogP contribution in [0.4, 0.5) is 5.69 Å². The van der Waals surface area contributed by atoms with E-state index in [9.17, 15) is 19.5 Å². The van der Waals surface area contributed by atoms with E-state index in [2.05, 4.69) is 27.8 Å². The van der Waals surface area contributed by atoms with Gasteiger partial charge in [-0.25, -0.2) is 5.48 Å². The van der Waals surface area contributed by atoms with Crippen LogP contribution in [0.15, 0.2) is 48.5 Å². The number of amides is 3. The summed E-state index contributed by atoms with van der Waals surface area (Å²) in [5.41, 5.74) is 3.87. The molecule has 0 aromatic heterocycles. The van der Waals surface area contributed by atoms with Crippen LogP contribution in [0.3, 0.4) is 0 Å². The number of hydrogen-bond acceptors (Lipinski definition) is 6. The van der Waals surface area contributed by atoms with E-state index < -0.39 is 24.0 Å². The Hall–Kier alpha value is -3.71. The van der Waals surface area contributed by atoms with E-state index in [4.69, 9.17) is 5.21 Å². The van der Waals surface area contributed by atoms with Gasteiger partial charge in [0, 0.05) is 28.9 Å². The molecule has 9 heteroatoms. The first kappa shape index (κ1) is 27.5. The highest BCUT2D eigenvalue weighted by molar-refractivity contribution is 5.97. The molecule has 6 N–H and O–H groups in total. The lowest BCUT2D eigenvalue weighted by atomic mass is 9.99. The fourth-order valence-electron chi connectivity index (χ4n) is 3.51. The molecule has 3 amide bonds. The first-order valence-corrected chi connectivity index (χ1v) is 11.0. The third-order valence-corrected chi connectivity index (χ3v) is 5.48. The van der Waals surface area contributed by atoms with Crippen LogP contribution in [0.2, 0.25) is 0 Å². The number of carbonyl (C=O) groups is 3. The second-order valence-electron chi connectivity index (χ2n) is 8.11. The van der Waals surface area contributed by atoms with Gasteiger partial charge in [0.2, 0.25) is 5.91 Å². The summed E-state index contributed by atoms with van der Waals surface area (Å²) in [6.07, 6.45) is 0.703. The number of aliphatic hydroxyl groups is 1. The van der Waals surface area contributed by atoms with Crippen molar-refractivity contribution in [3.63, 3.8) is 0 Å². The van der Waals surface area contributed by atoms with Gasteiger partial charge < -0.3 is 21.1 Å². The molecular formula is C26H32N4O5. The maximum atomic E-state index is 12.3. The van der Waals surface area contributed by atoms with Crippen LogP contribution >= 0.6 is 0 Å². The van der Waals surface area contributed by atoms with Gasteiger partial charge in [-0.05, 0) is 74.8 Å². The summed E-state index contributed by atoms with van der Waals surface area (Å²) >= 11 is 0. The zero-order valence-electron chi connectivity index (χ0n) is 18.8. The van der Waals surface area contributed by atoms with E-state index in [1.54, 1.807) is 24.3 Å². The molecule has 2 aromatic rings. The maximum Gasteiger partial charge on any atom is 0.268 e. The average Bonchev–Trinajstić information content (AvgIpc) is 2.87. The molecule has 1 aliphatic rings. The minimum atomic E-state index is -1.29. The van der Waals surface area contributed by atoms with E-state index in [0.29, 0.717) is 12.1 Å². The molecule has 1 unspecified atom stereocenters. The maximum absolute atomic E-state index is 12.3. The fraction of sp³-hybridized carbons (Fsp3) is 0.346. The molecule has 1 fully saturated rings. The van der Waals surface area contributed by atoms with Crippen LogP contribution in [-0.4, -0.2) is 53.3 Å².